The molecule has 0 amide bonds. The molecule has 0 aromatic heterocycles. The summed E-state index contributed by atoms with van der Waals surface area (Å²) in [6.45, 7) is 3.53. The van der Waals surface area contributed by atoms with E-state index in [4.69, 9.17) is 5.11 Å². The number of hydrogen-bond donors (Lipinski definition) is 2. The molecule has 1 aromatic carbocycles. The number of halogens is 2. The van der Waals surface area contributed by atoms with Crippen LogP contribution in [0.5, 0.6) is 0 Å². The van der Waals surface area contributed by atoms with Crippen molar-refractivity contribution in [3.05, 3.63) is 31.6 Å². The Bertz CT molecular complexity index is 456. The van der Waals surface area contributed by atoms with E-state index in [0.717, 1.165) is 6.07 Å². The first-order chi connectivity index (χ1) is 8.36. The molecular weight excluding hydrogens is 354 g/mol. The van der Waals surface area contributed by atoms with Gasteiger partial charge < -0.3 is 10.4 Å². The van der Waals surface area contributed by atoms with Gasteiger partial charge in [0, 0.05) is 24.8 Å². The van der Waals surface area contributed by atoms with Crippen LogP contribution in [0.15, 0.2) is 12.1 Å². The first kappa shape index (κ1) is 15.1. The van der Waals surface area contributed by atoms with E-state index in [-0.39, 0.29) is 33.5 Å². The number of rotatable bonds is 5. The van der Waals surface area contributed by atoms with Gasteiger partial charge in [0.1, 0.15) is 11.5 Å². The third-order valence-electron chi connectivity index (χ3n) is 2.76. The van der Waals surface area contributed by atoms with Gasteiger partial charge in [-0.05, 0) is 35.4 Å². The second kappa shape index (κ2) is 6.28. The highest BCUT2D eigenvalue weighted by atomic mass is 127. The summed E-state index contributed by atoms with van der Waals surface area (Å²) in [5.74, 6) is -0.598. The monoisotopic (exact) mass is 368 g/mol. The zero-order chi connectivity index (χ0) is 13.9. The van der Waals surface area contributed by atoms with Gasteiger partial charge in [0.2, 0.25) is 0 Å². The van der Waals surface area contributed by atoms with E-state index in [1.165, 1.54) is 6.07 Å². The second-order valence-electron chi connectivity index (χ2n) is 4.13. The van der Waals surface area contributed by atoms with E-state index in [9.17, 15) is 14.5 Å². The van der Waals surface area contributed by atoms with Gasteiger partial charge >= 0.3 is 0 Å². The molecule has 1 rings (SSSR count). The maximum absolute atomic E-state index is 13.4. The minimum absolute atomic E-state index is 0.0468. The molecule has 0 saturated carbocycles. The van der Waals surface area contributed by atoms with Gasteiger partial charge in [-0.2, -0.15) is 0 Å². The van der Waals surface area contributed by atoms with E-state index in [1.54, 1.807) is 36.4 Å². The summed E-state index contributed by atoms with van der Waals surface area (Å²) < 4.78 is 13.6. The summed E-state index contributed by atoms with van der Waals surface area (Å²) in [5.41, 5.74) is -0.0384. The fraction of sp³-hybridized carbons (Fsp3) is 0.455. The number of nitrogens with one attached hydrogen (secondary N) is 1. The van der Waals surface area contributed by atoms with Crippen LogP contribution in [0.3, 0.4) is 0 Å². The SMILES string of the molecule is CC(CO)C(C)Nc1cc(F)c(I)cc1[N+](=O)[O-]. The van der Waals surface area contributed by atoms with E-state index in [2.05, 4.69) is 5.32 Å². The lowest BCUT2D eigenvalue weighted by Gasteiger charge is -2.20. The lowest BCUT2D eigenvalue weighted by atomic mass is 10.0. The third kappa shape index (κ3) is 3.52. The van der Waals surface area contributed by atoms with Gasteiger partial charge in [-0.3, -0.25) is 10.1 Å². The van der Waals surface area contributed by atoms with Crippen LogP contribution in [0, 0.1) is 25.4 Å². The lowest BCUT2D eigenvalue weighted by Crippen LogP contribution is -2.26. The zero-order valence-corrected chi connectivity index (χ0v) is 12.1. The number of nitro groups is 1. The number of hydrogen-bond acceptors (Lipinski definition) is 4. The molecule has 5 nitrogen and oxygen atoms in total. The van der Waals surface area contributed by atoms with Crippen molar-refractivity contribution in [2.24, 2.45) is 5.92 Å². The Hall–Kier alpha value is -0.960. The Labute approximate surface area is 118 Å². The fourth-order valence-electron chi connectivity index (χ4n) is 1.35. The molecule has 0 aliphatic carbocycles. The molecule has 2 N–H and O–H groups in total. The van der Waals surface area contributed by atoms with Crippen molar-refractivity contribution in [2.75, 3.05) is 11.9 Å². The molecule has 0 radical (unpaired) electrons. The van der Waals surface area contributed by atoms with Gasteiger partial charge in [0.25, 0.3) is 5.69 Å². The van der Waals surface area contributed by atoms with Crippen LogP contribution in [0.1, 0.15) is 13.8 Å². The summed E-state index contributed by atoms with van der Waals surface area (Å²) in [6, 6.07) is 2.10. The van der Waals surface area contributed by atoms with Crippen LogP contribution in [0.2, 0.25) is 0 Å². The number of nitrogens with zero attached hydrogens (tertiary/aromatic N) is 1. The maximum atomic E-state index is 13.4. The van der Waals surface area contributed by atoms with Crippen molar-refractivity contribution in [1.82, 2.24) is 0 Å². The van der Waals surface area contributed by atoms with E-state index in [1.807, 2.05) is 0 Å². The Balaban J connectivity index is 3.07. The molecule has 0 aliphatic rings. The van der Waals surface area contributed by atoms with Crippen molar-refractivity contribution in [3.63, 3.8) is 0 Å². The van der Waals surface area contributed by atoms with Crippen LogP contribution in [0.25, 0.3) is 0 Å². The van der Waals surface area contributed by atoms with Crippen LogP contribution in [-0.2, 0) is 0 Å². The van der Waals surface area contributed by atoms with Crippen molar-refractivity contribution in [2.45, 2.75) is 19.9 Å². The van der Waals surface area contributed by atoms with Gasteiger partial charge in [-0.25, -0.2) is 4.39 Å². The van der Waals surface area contributed by atoms with Crippen molar-refractivity contribution in [3.8, 4) is 0 Å². The number of aliphatic hydroxyl groups excluding tert-OH is 1. The van der Waals surface area contributed by atoms with E-state index >= 15 is 0 Å². The minimum Gasteiger partial charge on any atom is -0.396 e. The molecule has 0 heterocycles. The predicted molar refractivity (Wildman–Crippen MR) is 75.1 cm³/mol. The highest BCUT2D eigenvalue weighted by Crippen LogP contribution is 2.29. The smallest absolute Gasteiger partial charge is 0.293 e. The maximum Gasteiger partial charge on any atom is 0.293 e. The van der Waals surface area contributed by atoms with Gasteiger partial charge in [0.15, 0.2) is 0 Å². The molecule has 100 valence electrons. The molecular formula is C11H14FIN2O3. The molecule has 2 unspecified atom stereocenters. The number of aliphatic hydroxyl groups is 1. The van der Waals surface area contributed by atoms with Gasteiger partial charge in [0.05, 0.1) is 8.49 Å². The van der Waals surface area contributed by atoms with Gasteiger partial charge in [-0.1, -0.05) is 6.92 Å². The topological polar surface area (TPSA) is 75.4 Å². The number of anilines is 1. The quantitative estimate of drug-likeness (QED) is 0.476. The van der Waals surface area contributed by atoms with Crippen molar-refractivity contribution < 1.29 is 14.4 Å². The third-order valence-corrected chi connectivity index (χ3v) is 3.59. The molecule has 0 aliphatic heterocycles. The Morgan fingerprint density at radius 1 is 1.56 bits per heavy atom. The average Bonchev–Trinajstić information content (AvgIpc) is 2.31. The van der Waals surface area contributed by atoms with Crippen molar-refractivity contribution in [1.29, 1.82) is 0 Å². The van der Waals surface area contributed by atoms with E-state index in [0.29, 0.717) is 0 Å². The normalized spacial score (nSPS) is 14.1. The molecule has 0 fully saturated rings. The largest absolute Gasteiger partial charge is 0.396 e. The zero-order valence-electron chi connectivity index (χ0n) is 9.98. The van der Waals surface area contributed by atoms with Crippen LogP contribution in [-0.4, -0.2) is 22.7 Å². The summed E-state index contributed by atoms with van der Waals surface area (Å²) in [4.78, 5) is 10.3. The van der Waals surface area contributed by atoms with Gasteiger partial charge in [-0.15, -0.1) is 0 Å². The van der Waals surface area contributed by atoms with Crippen LogP contribution in [0.4, 0.5) is 15.8 Å². The highest BCUT2D eigenvalue weighted by Gasteiger charge is 2.20. The highest BCUT2D eigenvalue weighted by molar-refractivity contribution is 14.1. The predicted octanol–water partition coefficient (Wildman–Crippen LogP) is 2.77. The van der Waals surface area contributed by atoms with Crippen LogP contribution >= 0.6 is 22.6 Å². The summed E-state index contributed by atoms with van der Waals surface area (Å²) in [7, 11) is 0. The molecule has 18 heavy (non-hydrogen) atoms. The van der Waals surface area contributed by atoms with E-state index < -0.39 is 10.7 Å². The molecule has 0 saturated heterocycles. The Morgan fingerprint density at radius 3 is 2.67 bits per heavy atom. The van der Waals surface area contributed by atoms with Crippen LogP contribution < -0.4 is 5.32 Å². The Kier molecular flexibility index (Phi) is 5.27. The molecule has 0 spiro atoms. The second-order valence-corrected chi connectivity index (χ2v) is 5.30. The fourth-order valence-corrected chi connectivity index (χ4v) is 1.80. The minimum atomic E-state index is -0.555. The molecule has 1 aromatic rings. The molecule has 7 heteroatoms. The Morgan fingerprint density at radius 2 is 2.17 bits per heavy atom. The summed E-state index contributed by atoms with van der Waals surface area (Å²) in [6.07, 6.45) is 0. The summed E-state index contributed by atoms with van der Waals surface area (Å²) >= 11 is 1.71. The number of nitro benzene ring substituents is 1. The summed E-state index contributed by atoms with van der Waals surface area (Å²) in [5, 5.41) is 22.8. The first-order valence-electron chi connectivity index (χ1n) is 5.37. The molecule has 2 atom stereocenters. The lowest BCUT2D eigenvalue weighted by molar-refractivity contribution is -0.384. The average molecular weight is 368 g/mol. The first-order valence-corrected chi connectivity index (χ1v) is 6.45. The standard InChI is InChI=1S/C11H14FIN2O3/c1-6(5-16)7(2)14-10-3-8(12)9(13)4-11(10)15(17)18/h3-4,6-7,14,16H,5H2,1-2H3. The van der Waals surface area contributed by atoms with Crippen molar-refractivity contribution >= 4 is 34.0 Å². The number of benzene rings is 1. The molecule has 0 bridgehead atoms.